The van der Waals surface area contributed by atoms with E-state index in [0.717, 1.165) is 6.92 Å². The Hall–Kier alpha value is -0.338. The molecule has 0 atom stereocenters. The summed E-state index contributed by atoms with van der Waals surface area (Å²) in [4.78, 5) is 19.9. The van der Waals surface area contributed by atoms with Gasteiger partial charge >= 0.3 is 23.5 Å². The molecule has 0 fully saturated rings. The van der Waals surface area contributed by atoms with E-state index in [-0.39, 0.29) is 17.4 Å². The molecule has 0 unspecified atom stereocenters. The summed E-state index contributed by atoms with van der Waals surface area (Å²) < 4.78 is 33.9. The van der Waals surface area contributed by atoms with Crippen LogP contribution in [0.4, 0.5) is 13.2 Å². The molecule has 0 aliphatic rings. The van der Waals surface area contributed by atoms with Crippen LogP contribution < -0.4 is 0 Å². The fourth-order valence-corrected chi connectivity index (χ4v) is 0.326. The van der Waals surface area contributed by atoms with Crippen LogP contribution in [0.5, 0.6) is 0 Å². The molecule has 0 rings (SSSR count). The zero-order valence-corrected chi connectivity index (χ0v) is 6.84. The number of ketones is 2. The van der Waals surface area contributed by atoms with Gasteiger partial charge in [-0.3, -0.25) is 9.59 Å². The quantitative estimate of drug-likeness (QED) is 0.634. The molecule has 2 nitrogen and oxygen atoms in total. The van der Waals surface area contributed by atoms with Gasteiger partial charge in [0.25, 0.3) is 0 Å². The van der Waals surface area contributed by atoms with Gasteiger partial charge in [-0.25, -0.2) is 0 Å². The van der Waals surface area contributed by atoms with Crippen molar-refractivity contribution in [3.05, 3.63) is 0 Å². The molecule has 0 aromatic carbocycles. The summed E-state index contributed by atoms with van der Waals surface area (Å²) in [5.74, 6) is -2.76. The van der Waals surface area contributed by atoms with Crippen molar-refractivity contribution in [1.82, 2.24) is 0 Å². The van der Waals surface area contributed by atoms with Crippen LogP contribution in [0.15, 0.2) is 0 Å². The van der Waals surface area contributed by atoms with E-state index in [4.69, 9.17) is 0 Å². The molecule has 0 heterocycles. The largest absolute Gasteiger partial charge is 3.00 e. The molecule has 1 radical (unpaired) electrons. The molecule has 0 saturated carbocycles. The molecule has 0 bridgehead atoms. The summed E-state index contributed by atoms with van der Waals surface area (Å²) >= 11 is 0. The SMILES string of the molecule is CC(=O)CC(=O)C(F)(F)F.[Cr+3]. The van der Waals surface area contributed by atoms with Crippen LogP contribution in [0.25, 0.3) is 0 Å². The van der Waals surface area contributed by atoms with Crippen LogP contribution in [-0.4, -0.2) is 17.7 Å². The average Bonchev–Trinajstić information content (AvgIpc) is 1.60. The first-order valence-corrected chi connectivity index (χ1v) is 2.43. The molecule has 61 valence electrons. The third-order valence-electron chi connectivity index (χ3n) is 0.726. The topological polar surface area (TPSA) is 34.1 Å². The van der Waals surface area contributed by atoms with E-state index in [1.165, 1.54) is 0 Å². The molecule has 0 amide bonds. The number of halogens is 3. The van der Waals surface area contributed by atoms with Crippen molar-refractivity contribution in [2.75, 3.05) is 0 Å². The molecule has 6 heteroatoms. The minimum absolute atomic E-state index is 0. The molecular weight excluding hydrogens is 201 g/mol. The summed E-state index contributed by atoms with van der Waals surface area (Å²) in [6.45, 7) is 0.934. The van der Waals surface area contributed by atoms with Crippen molar-refractivity contribution >= 4 is 11.6 Å². The predicted molar refractivity (Wildman–Crippen MR) is 26.4 cm³/mol. The Balaban J connectivity index is 0. The van der Waals surface area contributed by atoms with E-state index in [2.05, 4.69) is 0 Å². The first-order valence-electron chi connectivity index (χ1n) is 2.43. The first kappa shape index (κ1) is 13.3. The Labute approximate surface area is 71.9 Å². The maximum absolute atomic E-state index is 11.3. The number of hydrogen-bond donors (Lipinski definition) is 0. The molecule has 0 aromatic rings. The monoisotopic (exact) mass is 206 g/mol. The van der Waals surface area contributed by atoms with Gasteiger partial charge in [-0.1, -0.05) is 0 Å². The normalized spacial score (nSPS) is 10.2. The maximum atomic E-state index is 11.3. The minimum atomic E-state index is -4.87. The van der Waals surface area contributed by atoms with Crippen molar-refractivity contribution in [2.45, 2.75) is 19.5 Å². The molecule has 0 aliphatic heterocycles. The van der Waals surface area contributed by atoms with Gasteiger partial charge in [0, 0.05) is 0 Å². The molecule has 11 heavy (non-hydrogen) atoms. The maximum Gasteiger partial charge on any atom is 3.00 e. The fourth-order valence-electron chi connectivity index (χ4n) is 0.326. The Kier molecular flexibility index (Phi) is 5.45. The van der Waals surface area contributed by atoms with Crippen LogP contribution in [0.3, 0.4) is 0 Å². The van der Waals surface area contributed by atoms with E-state index in [9.17, 15) is 22.8 Å². The van der Waals surface area contributed by atoms with Crippen LogP contribution in [0.2, 0.25) is 0 Å². The van der Waals surface area contributed by atoms with Gasteiger partial charge in [-0.15, -0.1) is 0 Å². The van der Waals surface area contributed by atoms with Crippen LogP contribution in [0, 0.1) is 0 Å². The Bertz CT molecular complexity index is 164. The summed E-state index contributed by atoms with van der Waals surface area (Å²) in [5.41, 5.74) is 0. The predicted octanol–water partition coefficient (Wildman–Crippen LogP) is 1.09. The zero-order chi connectivity index (χ0) is 8.36. The number of alkyl halides is 3. The smallest absolute Gasteiger partial charge is 0.300 e. The molecular formula is C5H5CrF3O2+3. The molecule has 0 aromatic heterocycles. The third-order valence-corrected chi connectivity index (χ3v) is 0.726. The third kappa shape index (κ3) is 6.08. The number of rotatable bonds is 2. The molecule has 0 aliphatic carbocycles. The van der Waals surface area contributed by atoms with Gasteiger partial charge in [-0.2, -0.15) is 13.2 Å². The number of hydrogen-bond acceptors (Lipinski definition) is 2. The fraction of sp³-hybridized carbons (Fsp3) is 0.600. The Morgan fingerprint density at radius 2 is 1.64 bits per heavy atom. The van der Waals surface area contributed by atoms with Crippen molar-refractivity contribution in [3.63, 3.8) is 0 Å². The van der Waals surface area contributed by atoms with Gasteiger partial charge in [-0.05, 0) is 6.92 Å². The Morgan fingerprint density at radius 1 is 1.27 bits per heavy atom. The second kappa shape index (κ2) is 4.52. The van der Waals surface area contributed by atoms with Gasteiger partial charge in [0.2, 0.25) is 5.78 Å². The summed E-state index contributed by atoms with van der Waals surface area (Å²) in [6.07, 6.45) is -5.92. The second-order valence-electron chi connectivity index (χ2n) is 1.80. The Morgan fingerprint density at radius 3 is 1.73 bits per heavy atom. The van der Waals surface area contributed by atoms with Crippen LogP contribution in [0.1, 0.15) is 13.3 Å². The van der Waals surface area contributed by atoms with Crippen molar-refractivity contribution in [2.24, 2.45) is 0 Å². The van der Waals surface area contributed by atoms with E-state index in [1.807, 2.05) is 0 Å². The van der Waals surface area contributed by atoms with Gasteiger partial charge < -0.3 is 0 Å². The standard InChI is InChI=1S/C5H5F3O2.Cr/c1-3(9)2-4(10)5(6,7)8;/h2H2,1H3;/q;+3. The van der Waals surface area contributed by atoms with Crippen LogP contribution >= 0.6 is 0 Å². The van der Waals surface area contributed by atoms with Crippen molar-refractivity contribution in [1.29, 1.82) is 0 Å². The number of Topliss-reactive ketones (excluding diaryl/α,β-unsaturated/α-hetero) is 2. The number of carbonyl (C=O) groups is 2. The van der Waals surface area contributed by atoms with E-state index in [1.54, 1.807) is 0 Å². The van der Waals surface area contributed by atoms with Gasteiger partial charge in [0.15, 0.2) is 0 Å². The summed E-state index contributed by atoms with van der Waals surface area (Å²) in [7, 11) is 0. The van der Waals surface area contributed by atoms with Gasteiger partial charge in [0.1, 0.15) is 5.78 Å². The second-order valence-corrected chi connectivity index (χ2v) is 1.80. The summed E-state index contributed by atoms with van der Waals surface area (Å²) in [5, 5.41) is 0. The van der Waals surface area contributed by atoms with Crippen molar-refractivity contribution in [3.8, 4) is 0 Å². The van der Waals surface area contributed by atoms with E-state index in [0.29, 0.717) is 0 Å². The van der Waals surface area contributed by atoms with E-state index < -0.39 is 24.2 Å². The van der Waals surface area contributed by atoms with Crippen LogP contribution in [-0.2, 0) is 27.0 Å². The van der Waals surface area contributed by atoms with E-state index >= 15 is 0 Å². The number of carbonyl (C=O) groups excluding carboxylic acids is 2. The molecule has 0 N–H and O–H groups in total. The first-order chi connectivity index (χ1) is 4.34. The molecule has 0 saturated heterocycles. The minimum Gasteiger partial charge on any atom is -0.300 e. The summed E-state index contributed by atoms with van der Waals surface area (Å²) in [6, 6.07) is 0. The zero-order valence-electron chi connectivity index (χ0n) is 5.57. The van der Waals surface area contributed by atoms with Gasteiger partial charge in [0.05, 0.1) is 6.42 Å². The van der Waals surface area contributed by atoms with Crippen molar-refractivity contribution < 1.29 is 40.1 Å². The average molecular weight is 206 g/mol. The molecule has 0 spiro atoms.